The van der Waals surface area contributed by atoms with Crippen molar-refractivity contribution in [1.29, 1.82) is 0 Å². The smallest absolute Gasteiger partial charge is 0.354 e. The quantitative estimate of drug-likeness (QED) is 0.845. The van der Waals surface area contributed by atoms with E-state index in [1.807, 2.05) is 0 Å². The third kappa shape index (κ3) is 2.44. The summed E-state index contributed by atoms with van der Waals surface area (Å²) >= 11 is 0. The molecule has 0 saturated carbocycles. The van der Waals surface area contributed by atoms with Gasteiger partial charge in [-0.25, -0.2) is 4.98 Å². The normalized spacial score (nSPS) is 19.8. The van der Waals surface area contributed by atoms with Gasteiger partial charge in [-0.1, -0.05) is 0 Å². The first-order valence-corrected chi connectivity index (χ1v) is 5.42. The number of halogens is 3. The Balaban J connectivity index is 2.17. The van der Waals surface area contributed by atoms with Gasteiger partial charge in [0.15, 0.2) is 12.0 Å². The molecule has 2 rings (SSSR count). The number of anilines is 1. The molecule has 1 unspecified atom stereocenters. The van der Waals surface area contributed by atoms with Gasteiger partial charge in [0.05, 0.1) is 6.04 Å². The van der Waals surface area contributed by atoms with Crippen molar-refractivity contribution in [2.24, 2.45) is 0 Å². The molecule has 1 N–H and O–H groups in total. The highest BCUT2D eigenvalue weighted by atomic mass is 19.4. The van der Waals surface area contributed by atoms with Crippen LogP contribution in [0.1, 0.15) is 12.1 Å². The molecule has 0 spiro atoms. The average molecular weight is 265 g/mol. The summed E-state index contributed by atoms with van der Waals surface area (Å²) in [6.07, 6.45) is -3.33. The van der Waals surface area contributed by atoms with E-state index >= 15 is 0 Å². The van der Waals surface area contributed by atoms with Crippen molar-refractivity contribution in [1.82, 2.24) is 9.55 Å². The van der Waals surface area contributed by atoms with Gasteiger partial charge in [0.25, 0.3) is 0 Å². The van der Waals surface area contributed by atoms with Crippen LogP contribution in [0.4, 0.5) is 19.1 Å². The molecule has 18 heavy (non-hydrogen) atoms. The van der Waals surface area contributed by atoms with Crippen molar-refractivity contribution >= 4 is 5.95 Å². The van der Waals surface area contributed by atoms with Gasteiger partial charge in [-0.15, -0.1) is 0 Å². The maximum absolute atomic E-state index is 12.5. The van der Waals surface area contributed by atoms with Crippen LogP contribution in [0.3, 0.4) is 0 Å². The summed E-state index contributed by atoms with van der Waals surface area (Å²) < 4.78 is 49.1. The van der Waals surface area contributed by atoms with Crippen LogP contribution in [-0.2, 0) is 22.2 Å². The van der Waals surface area contributed by atoms with Crippen molar-refractivity contribution in [3.63, 3.8) is 0 Å². The molecule has 0 radical (unpaired) electrons. The molecule has 1 aliphatic heterocycles. The summed E-state index contributed by atoms with van der Waals surface area (Å²) in [5.41, 5.74) is -0.892. The second-order valence-corrected chi connectivity index (χ2v) is 4.02. The van der Waals surface area contributed by atoms with Crippen molar-refractivity contribution in [3.05, 3.63) is 11.9 Å². The summed E-state index contributed by atoms with van der Waals surface area (Å²) in [6, 6.07) is -0.212. The minimum absolute atomic E-state index is 0.192. The number of nitrogens with zero attached hydrogens (tertiary/aromatic N) is 2. The number of fused-ring (bicyclic) bond motifs is 1. The van der Waals surface area contributed by atoms with Gasteiger partial charge in [0.1, 0.15) is 0 Å². The van der Waals surface area contributed by atoms with Crippen molar-refractivity contribution in [3.8, 4) is 0 Å². The zero-order chi connectivity index (χ0) is 13.3. The number of aryl methyl sites for hydroxylation is 1. The Hall–Kier alpha value is -1.28. The van der Waals surface area contributed by atoms with Crippen LogP contribution < -0.4 is 5.32 Å². The zero-order valence-corrected chi connectivity index (χ0v) is 9.99. The van der Waals surface area contributed by atoms with E-state index in [4.69, 9.17) is 9.47 Å². The fourth-order valence-electron chi connectivity index (χ4n) is 1.98. The van der Waals surface area contributed by atoms with E-state index in [1.165, 1.54) is 18.8 Å². The lowest BCUT2D eigenvalue weighted by atomic mass is 10.1. The van der Waals surface area contributed by atoms with E-state index in [-0.39, 0.29) is 12.0 Å². The predicted octanol–water partition coefficient (Wildman–Crippen LogP) is 1.70. The highest BCUT2D eigenvalue weighted by molar-refractivity contribution is 5.33. The fourth-order valence-corrected chi connectivity index (χ4v) is 1.98. The van der Waals surface area contributed by atoms with E-state index in [0.29, 0.717) is 13.0 Å². The van der Waals surface area contributed by atoms with E-state index in [0.717, 1.165) is 6.20 Å². The summed E-state index contributed by atoms with van der Waals surface area (Å²) in [4.78, 5) is 3.54. The minimum atomic E-state index is -4.43. The fraction of sp³-hybridized carbons (Fsp3) is 0.700. The molecule has 2 heterocycles. The van der Waals surface area contributed by atoms with Crippen LogP contribution in [0.15, 0.2) is 6.20 Å². The Morgan fingerprint density at radius 2 is 2.11 bits per heavy atom. The lowest BCUT2D eigenvalue weighted by molar-refractivity contribution is -0.140. The molecule has 1 atom stereocenters. The molecule has 0 fully saturated rings. The molecule has 0 saturated heterocycles. The van der Waals surface area contributed by atoms with Crippen molar-refractivity contribution in [2.75, 3.05) is 19.5 Å². The molecule has 1 aromatic rings. The monoisotopic (exact) mass is 265 g/mol. The number of aromatic nitrogens is 2. The Bertz CT molecular complexity index is 415. The Labute approximate surface area is 102 Å². The average Bonchev–Trinajstić information content (AvgIpc) is 2.73. The molecule has 0 amide bonds. The molecular weight excluding hydrogens is 251 g/mol. The number of alkyl halides is 3. The van der Waals surface area contributed by atoms with Gasteiger partial charge in [0, 0.05) is 27.0 Å². The first-order valence-electron chi connectivity index (χ1n) is 5.42. The number of rotatable bonds is 3. The van der Waals surface area contributed by atoms with E-state index < -0.39 is 18.2 Å². The lowest BCUT2D eigenvalue weighted by Gasteiger charge is -2.30. The topological polar surface area (TPSA) is 48.3 Å². The van der Waals surface area contributed by atoms with Gasteiger partial charge in [-0.3, -0.25) is 0 Å². The molecule has 0 aromatic carbocycles. The molecule has 102 valence electrons. The SMILES string of the molecule is COC(OC)C1CCn2cc(C(F)(F)F)nc2N1. The molecule has 0 bridgehead atoms. The molecule has 8 heteroatoms. The highest BCUT2D eigenvalue weighted by Gasteiger charge is 2.36. The Morgan fingerprint density at radius 3 is 2.67 bits per heavy atom. The first kappa shape index (κ1) is 13.2. The molecule has 1 aromatic heterocycles. The Morgan fingerprint density at radius 1 is 1.44 bits per heavy atom. The number of imidazole rings is 1. The lowest BCUT2D eigenvalue weighted by Crippen LogP contribution is -2.40. The summed E-state index contributed by atoms with van der Waals surface area (Å²) in [6.45, 7) is 0.444. The second-order valence-electron chi connectivity index (χ2n) is 4.02. The second kappa shape index (κ2) is 4.77. The first-order chi connectivity index (χ1) is 8.45. The standard InChI is InChI=1S/C10H14F3N3O2/c1-17-8(18-2)6-3-4-16-5-7(10(11,12)13)15-9(16)14-6/h5-6,8H,3-4H2,1-2H3,(H,14,15). The number of ether oxygens (including phenoxy) is 2. The van der Waals surface area contributed by atoms with Crippen LogP contribution in [0.2, 0.25) is 0 Å². The number of nitrogens with one attached hydrogen (secondary N) is 1. The van der Waals surface area contributed by atoms with E-state index in [2.05, 4.69) is 10.3 Å². The molecule has 0 aliphatic carbocycles. The minimum Gasteiger partial charge on any atom is -0.354 e. The maximum Gasteiger partial charge on any atom is 0.434 e. The molecular formula is C10H14F3N3O2. The van der Waals surface area contributed by atoms with E-state index in [1.54, 1.807) is 0 Å². The third-order valence-electron chi connectivity index (χ3n) is 2.86. The maximum atomic E-state index is 12.5. The predicted molar refractivity (Wildman–Crippen MR) is 57.1 cm³/mol. The third-order valence-corrected chi connectivity index (χ3v) is 2.86. The highest BCUT2D eigenvalue weighted by Crippen LogP contribution is 2.31. The van der Waals surface area contributed by atoms with Gasteiger partial charge >= 0.3 is 6.18 Å². The molecule has 1 aliphatic rings. The van der Waals surface area contributed by atoms with Crippen LogP contribution in [0.25, 0.3) is 0 Å². The van der Waals surface area contributed by atoms with Gasteiger partial charge in [0.2, 0.25) is 5.95 Å². The largest absolute Gasteiger partial charge is 0.434 e. The zero-order valence-electron chi connectivity index (χ0n) is 9.99. The summed E-state index contributed by atoms with van der Waals surface area (Å²) in [7, 11) is 2.97. The van der Waals surface area contributed by atoms with Gasteiger partial charge in [-0.05, 0) is 6.42 Å². The van der Waals surface area contributed by atoms with Crippen LogP contribution in [-0.4, -0.2) is 36.1 Å². The van der Waals surface area contributed by atoms with E-state index in [9.17, 15) is 13.2 Å². The van der Waals surface area contributed by atoms with Crippen LogP contribution >= 0.6 is 0 Å². The Kier molecular flexibility index (Phi) is 3.49. The van der Waals surface area contributed by atoms with Crippen LogP contribution in [0.5, 0.6) is 0 Å². The summed E-state index contributed by atoms with van der Waals surface area (Å²) in [5, 5.41) is 2.89. The summed E-state index contributed by atoms with van der Waals surface area (Å²) in [5.74, 6) is 0.192. The van der Waals surface area contributed by atoms with Gasteiger partial charge in [-0.2, -0.15) is 13.2 Å². The number of methoxy groups -OCH3 is 2. The molecule has 5 nitrogen and oxygen atoms in total. The number of hydrogen-bond acceptors (Lipinski definition) is 4. The van der Waals surface area contributed by atoms with Gasteiger partial charge < -0.3 is 19.4 Å². The number of hydrogen-bond donors (Lipinski definition) is 1. The van der Waals surface area contributed by atoms with Crippen molar-refractivity contribution in [2.45, 2.75) is 31.5 Å². The van der Waals surface area contributed by atoms with Crippen LogP contribution in [0, 0.1) is 0 Å². The van der Waals surface area contributed by atoms with Crippen molar-refractivity contribution < 1.29 is 22.6 Å².